The Morgan fingerprint density at radius 2 is 1.85 bits per heavy atom. The molecule has 6 nitrogen and oxygen atoms in total. The number of hydrogen-bond acceptors (Lipinski definition) is 5. The Morgan fingerprint density at radius 3 is 2.67 bits per heavy atom. The SMILES string of the molecule is O=C(NCc1ncc(-c2ccccc2)o1)c1cccnc1N1CCCCC1. The molecule has 3 aromatic rings. The number of anilines is 1. The molecule has 4 rings (SSSR count). The summed E-state index contributed by atoms with van der Waals surface area (Å²) in [6.45, 7) is 2.12. The molecule has 1 amide bonds. The molecule has 0 aliphatic carbocycles. The summed E-state index contributed by atoms with van der Waals surface area (Å²) in [5.74, 6) is 1.76. The average molecular weight is 362 g/mol. The molecule has 3 heterocycles. The molecule has 1 aliphatic rings. The maximum absolute atomic E-state index is 12.7. The normalized spacial score (nSPS) is 14.1. The van der Waals surface area contributed by atoms with E-state index in [1.54, 1.807) is 18.5 Å². The molecular weight excluding hydrogens is 340 g/mol. The lowest BCUT2D eigenvalue weighted by atomic mass is 10.1. The van der Waals surface area contributed by atoms with E-state index >= 15 is 0 Å². The number of carbonyl (C=O) groups is 1. The average Bonchev–Trinajstić information content (AvgIpc) is 3.22. The first-order valence-electron chi connectivity index (χ1n) is 9.29. The predicted molar refractivity (Wildman–Crippen MR) is 103 cm³/mol. The van der Waals surface area contributed by atoms with Gasteiger partial charge in [-0.15, -0.1) is 0 Å². The van der Waals surface area contributed by atoms with E-state index in [1.807, 2.05) is 36.4 Å². The number of benzene rings is 1. The lowest BCUT2D eigenvalue weighted by molar-refractivity contribution is 0.0947. The zero-order valence-electron chi connectivity index (χ0n) is 15.1. The summed E-state index contributed by atoms with van der Waals surface area (Å²) in [4.78, 5) is 23.6. The molecule has 1 saturated heterocycles. The van der Waals surface area contributed by atoms with Crippen LogP contribution in [0.15, 0.2) is 59.3 Å². The topological polar surface area (TPSA) is 71.3 Å². The fourth-order valence-electron chi connectivity index (χ4n) is 3.31. The number of oxazole rings is 1. The Bertz CT molecular complexity index is 901. The van der Waals surface area contributed by atoms with Gasteiger partial charge in [0.2, 0.25) is 5.89 Å². The summed E-state index contributed by atoms with van der Waals surface area (Å²) in [5, 5.41) is 2.90. The van der Waals surface area contributed by atoms with Crippen molar-refractivity contribution in [3.05, 3.63) is 66.3 Å². The van der Waals surface area contributed by atoms with E-state index in [2.05, 4.69) is 20.2 Å². The van der Waals surface area contributed by atoms with E-state index in [0.29, 0.717) is 17.2 Å². The summed E-state index contributed by atoms with van der Waals surface area (Å²) in [6.07, 6.45) is 6.92. The van der Waals surface area contributed by atoms with Crippen molar-refractivity contribution >= 4 is 11.7 Å². The summed E-state index contributed by atoms with van der Waals surface area (Å²) in [7, 11) is 0. The second-order valence-electron chi connectivity index (χ2n) is 6.59. The smallest absolute Gasteiger partial charge is 0.255 e. The van der Waals surface area contributed by atoms with Gasteiger partial charge in [0.05, 0.1) is 18.3 Å². The zero-order chi connectivity index (χ0) is 18.5. The first-order chi connectivity index (χ1) is 13.3. The van der Waals surface area contributed by atoms with Gasteiger partial charge in [-0.25, -0.2) is 9.97 Å². The number of amides is 1. The van der Waals surface area contributed by atoms with Gasteiger partial charge in [0, 0.05) is 24.8 Å². The molecule has 0 radical (unpaired) electrons. The minimum absolute atomic E-state index is 0.164. The number of piperidine rings is 1. The largest absolute Gasteiger partial charge is 0.439 e. The third-order valence-corrected chi connectivity index (χ3v) is 4.70. The second-order valence-corrected chi connectivity index (χ2v) is 6.59. The van der Waals surface area contributed by atoms with Crippen molar-refractivity contribution in [1.82, 2.24) is 15.3 Å². The molecule has 138 valence electrons. The van der Waals surface area contributed by atoms with Gasteiger partial charge in [0.1, 0.15) is 5.82 Å². The second kappa shape index (κ2) is 8.03. The highest BCUT2D eigenvalue weighted by molar-refractivity contribution is 5.98. The number of nitrogens with zero attached hydrogens (tertiary/aromatic N) is 3. The van der Waals surface area contributed by atoms with E-state index in [0.717, 1.165) is 37.3 Å². The van der Waals surface area contributed by atoms with E-state index < -0.39 is 0 Å². The number of carbonyl (C=O) groups excluding carboxylic acids is 1. The third-order valence-electron chi connectivity index (χ3n) is 4.70. The zero-order valence-corrected chi connectivity index (χ0v) is 15.1. The van der Waals surface area contributed by atoms with Crippen LogP contribution in [0.2, 0.25) is 0 Å². The maximum atomic E-state index is 12.7. The summed E-state index contributed by atoms with van der Waals surface area (Å²) in [5.41, 5.74) is 1.55. The highest BCUT2D eigenvalue weighted by atomic mass is 16.4. The predicted octanol–water partition coefficient (Wildman–Crippen LogP) is 3.66. The van der Waals surface area contributed by atoms with Crippen LogP contribution in [0.25, 0.3) is 11.3 Å². The first kappa shape index (κ1) is 17.3. The first-order valence-corrected chi connectivity index (χ1v) is 9.29. The number of pyridine rings is 1. The lowest BCUT2D eigenvalue weighted by Crippen LogP contribution is -2.33. The maximum Gasteiger partial charge on any atom is 0.255 e. The third kappa shape index (κ3) is 4.00. The van der Waals surface area contributed by atoms with Gasteiger partial charge in [0.15, 0.2) is 5.76 Å². The molecule has 0 spiro atoms. The van der Waals surface area contributed by atoms with Crippen LogP contribution in [0.5, 0.6) is 0 Å². The fraction of sp³-hybridized carbons (Fsp3) is 0.286. The van der Waals surface area contributed by atoms with Gasteiger partial charge in [0.25, 0.3) is 5.91 Å². The van der Waals surface area contributed by atoms with Gasteiger partial charge in [-0.1, -0.05) is 30.3 Å². The molecule has 6 heteroatoms. The standard InChI is InChI=1S/C21H22N4O2/c26-21(17-10-7-11-22-20(17)25-12-5-2-6-13-25)24-15-19-23-14-18(27-19)16-8-3-1-4-9-16/h1,3-4,7-11,14H,2,5-6,12-13,15H2,(H,24,26). The quantitative estimate of drug-likeness (QED) is 0.750. The van der Waals surface area contributed by atoms with Crippen LogP contribution < -0.4 is 10.2 Å². The molecule has 27 heavy (non-hydrogen) atoms. The van der Waals surface area contributed by atoms with E-state index in [4.69, 9.17) is 4.42 Å². The van der Waals surface area contributed by atoms with E-state index in [-0.39, 0.29) is 12.5 Å². The number of hydrogen-bond donors (Lipinski definition) is 1. The van der Waals surface area contributed by atoms with E-state index in [9.17, 15) is 4.79 Å². The number of aromatic nitrogens is 2. The molecule has 2 aromatic heterocycles. The number of nitrogens with one attached hydrogen (secondary N) is 1. The summed E-state index contributed by atoms with van der Waals surface area (Å²) >= 11 is 0. The van der Waals surface area contributed by atoms with E-state index in [1.165, 1.54) is 6.42 Å². The van der Waals surface area contributed by atoms with Crippen molar-refractivity contribution in [1.29, 1.82) is 0 Å². The molecule has 0 atom stereocenters. The summed E-state index contributed by atoms with van der Waals surface area (Å²) < 4.78 is 5.75. The minimum Gasteiger partial charge on any atom is -0.439 e. The lowest BCUT2D eigenvalue weighted by Gasteiger charge is -2.29. The highest BCUT2D eigenvalue weighted by Gasteiger charge is 2.19. The van der Waals surface area contributed by atoms with Gasteiger partial charge in [-0.3, -0.25) is 4.79 Å². The van der Waals surface area contributed by atoms with Crippen molar-refractivity contribution in [3.8, 4) is 11.3 Å². The fourth-order valence-corrected chi connectivity index (χ4v) is 3.31. The van der Waals surface area contributed by atoms with Gasteiger partial charge < -0.3 is 14.6 Å². The van der Waals surface area contributed by atoms with Crippen molar-refractivity contribution in [2.75, 3.05) is 18.0 Å². The number of rotatable bonds is 5. The molecule has 1 aliphatic heterocycles. The Hall–Kier alpha value is -3.15. The van der Waals surface area contributed by atoms with Crippen LogP contribution >= 0.6 is 0 Å². The Kier molecular flexibility index (Phi) is 5.14. The van der Waals surface area contributed by atoms with Crippen molar-refractivity contribution < 1.29 is 9.21 Å². The molecular formula is C21H22N4O2. The van der Waals surface area contributed by atoms with Crippen LogP contribution in [-0.2, 0) is 6.54 Å². The Morgan fingerprint density at radius 1 is 1.04 bits per heavy atom. The molecule has 1 fully saturated rings. The van der Waals surface area contributed by atoms with Crippen molar-refractivity contribution in [2.45, 2.75) is 25.8 Å². The summed E-state index contributed by atoms with van der Waals surface area (Å²) in [6, 6.07) is 13.4. The molecule has 0 saturated carbocycles. The van der Waals surface area contributed by atoms with Crippen LogP contribution in [0.3, 0.4) is 0 Å². The monoisotopic (exact) mass is 362 g/mol. The molecule has 0 unspecified atom stereocenters. The molecule has 1 aromatic carbocycles. The van der Waals surface area contributed by atoms with Crippen LogP contribution in [0.1, 0.15) is 35.5 Å². The Balaban J connectivity index is 1.44. The molecule has 1 N–H and O–H groups in total. The minimum atomic E-state index is -0.164. The Labute approximate surface area is 158 Å². The van der Waals surface area contributed by atoms with Crippen LogP contribution in [0.4, 0.5) is 5.82 Å². The molecule has 0 bridgehead atoms. The van der Waals surface area contributed by atoms with Crippen molar-refractivity contribution in [2.24, 2.45) is 0 Å². The van der Waals surface area contributed by atoms with Crippen LogP contribution in [-0.4, -0.2) is 29.0 Å². The van der Waals surface area contributed by atoms with Gasteiger partial charge in [-0.05, 0) is 31.4 Å². The van der Waals surface area contributed by atoms with Crippen molar-refractivity contribution in [3.63, 3.8) is 0 Å². The van der Waals surface area contributed by atoms with Crippen LogP contribution in [0, 0.1) is 0 Å². The van der Waals surface area contributed by atoms with Gasteiger partial charge in [-0.2, -0.15) is 0 Å². The van der Waals surface area contributed by atoms with Gasteiger partial charge >= 0.3 is 0 Å². The highest BCUT2D eigenvalue weighted by Crippen LogP contribution is 2.22.